The lowest BCUT2D eigenvalue weighted by Gasteiger charge is -2.33. The van der Waals surface area contributed by atoms with Gasteiger partial charge in [-0.25, -0.2) is 10.8 Å². The molecule has 0 radical (unpaired) electrons. The molecule has 0 spiro atoms. The molecular weight excluding hydrogens is 224 g/mol. The molecule has 0 bridgehead atoms. The number of hydrogen-bond donors (Lipinski definition) is 3. The lowest BCUT2D eigenvalue weighted by molar-refractivity contribution is 0.333. The van der Waals surface area contributed by atoms with Crippen LogP contribution < -0.4 is 16.6 Å². The van der Waals surface area contributed by atoms with Crippen molar-refractivity contribution in [2.75, 3.05) is 0 Å². The van der Waals surface area contributed by atoms with Crippen molar-refractivity contribution in [1.82, 2.24) is 10.7 Å². The number of aliphatic imine (C=N–C) groups is 1. The van der Waals surface area contributed by atoms with E-state index in [2.05, 4.69) is 31.5 Å². The van der Waals surface area contributed by atoms with Crippen molar-refractivity contribution in [2.45, 2.75) is 83.7 Å². The molecule has 1 aliphatic carbocycles. The van der Waals surface area contributed by atoms with Crippen LogP contribution in [0.4, 0.5) is 0 Å². The number of hydrazine groups is 1. The molecule has 0 heterocycles. The average molecular weight is 254 g/mol. The summed E-state index contributed by atoms with van der Waals surface area (Å²) in [5.41, 5.74) is 2.87. The Kier molecular flexibility index (Phi) is 6.47. The van der Waals surface area contributed by atoms with Gasteiger partial charge >= 0.3 is 0 Å². The minimum atomic E-state index is 0.125. The van der Waals surface area contributed by atoms with Crippen LogP contribution in [0.15, 0.2) is 4.99 Å². The molecule has 1 aliphatic rings. The van der Waals surface area contributed by atoms with E-state index in [1.807, 2.05) is 0 Å². The minimum Gasteiger partial charge on any atom is -0.350 e. The Morgan fingerprint density at radius 2 is 1.67 bits per heavy atom. The summed E-state index contributed by atoms with van der Waals surface area (Å²) in [4.78, 5) is 4.75. The fraction of sp³-hybridized carbons (Fsp3) is 0.929. The maximum absolute atomic E-state index is 5.62. The first kappa shape index (κ1) is 15.3. The second-order valence-electron chi connectivity index (χ2n) is 5.38. The summed E-state index contributed by atoms with van der Waals surface area (Å²) in [5, 5.41) is 3.53. The van der Waals surface area contributed by atoms with E-state index in [9.17, 15) is 0 Å². The summed E-state index contributed by atoms with van der Waals surface area (Å²) >= 11 is 0. The first-order chi connectivity index (χ1) is 8.69. The van der Waals surface area contributed by atoms with E-state index < -0.39 is 0 Å². The Balaban J connectivity index is 2.66. The Bertz CT molecular complexity index is 244. The highest BCUT2D eigenvalue weighted by atomic mass is 15.3. The normalized spacial score (nSPS) is 18.8. The van der Waals surface area contributed by atoms with Crippen LogP contribution in [0, 0.1) is 0 Å². The van der Waals surface area contributed by atoms with Crippen molar-refractivity contribution in [2.24, 2.45) is 10.8 Å². The smallest absolute Gasteiger partial charge is 0.206 e. The van der Waals surface area contributed by atoms with Crippen LogP contribution in [0.1, 0.15) is 72.1 Å². The second-order valence-corrected chi connectivity index (χ2v) is 5.38. The number of guanidine groups is 1. The maximum atomic E-state index is 5.62. The Labute approximate surface area is 112 Å². The quantitative estimate of drug-likeness (QED) is 0.306. The number of rotatable bonds is 5. The zero-order valence-electron chi connectivity index (χ0n) is 12.3. The molecule has 4 heteroatoms. The standard InChI is InChI=1S/C14H30N4/c1-4-14(5-2,6-3)17-13(18-15)16-12-10-8-7-9-11-12/h12H,4-11,15H2,1-3H3,(H2,16,17,18). The van der Waals surface area contributed by atoms with Crippen molar-refractivity contribution in [3.63, 3.8) is 0 Å². The van der Waals surface area contributed by atoms with Crippen LogP contribution in [0.3, 0.4) is 0 Å². The highest BCUT2D eigenvalue weighted by molar-refractivity contribution is 5.80. The molecule has 1 fully saturated rings. The molecule has 1 rings (SSSR count). The fourth-order valence-corrected chi connectivity index (χ4v) is 2.76. The number of nitrogens with two attached hydrogens (primary N) is 1. The lowest BCUT2D eigenvalue weighted by atomic mass is 9.90. The third-order valence-electron chi connectivity index (χ3n) is 4.44. The SMILES string of the molecule is CCC(CC)(CC)NC(=NC1CCCCC1)NN. The summed E-state index contributed by atoms with van der Waals surface area (Å²) in [6.45, 7) is 6.65. The summed E-state index contributed by atoms with van der Waals surface area (Å²) in [7, 11) is 0. The molecule has 106 valence electrons. The van der Waals surface area contributed by atoms with E-state index in [-0.39, 0.29) is 5.54 Å². The number of nitrogens with one attached hydrogen (secondary N) is 2. The number of hydrogen-bond acceptors (Lipinski definition) is 2. The van der Waals surface area contributed by atoms with E-state index in [0.717, 1.165) is 25.2 Å². The highest BCUT2D eigenvalue weighted by Crippen LogP contribution is 2.22. The van der Waals surface area contributed by atoms with E-state index in [0.29, 0.717) is 6.04 Å². The van der Waals surface area contributed by atoms with Crippen LogP contribution >= 0.6 is 0 Å². The fourth-order valence-electron chi connectivity index (χ4n) is 2.76. The molecule has 4 N–H and O–H groups in total. The predicted molar refractivity (Wildman–Crippen MR) is 78.4 cm³/mol. The highest BCUT2D eigenvalue weighted by Gasteiger charge is 2.25. The molecule has 4 nitrogen and oxygen atoms in total. The summed E-state index contributed by atoms with van der Waals surface area (Å²) < 4.78 is 0. The van der Waals surface area contributed by atoms with Gasteiger partial charge in [-0.1, -0.05) is 40.0 Å². The molecule has 0 aromatic heterocycles. The van der Waals surface area contributed by atoms with Gasteiger partial charge < -0.3 is 5.32 Å². The van der Waals surface area contributed by atoms with Gasteiger partial charge in [0.2, 0.25) is 5.96 Å². The van der Waals surface area contributed by atoms with E-state index in [4.69, 9.17) is 10.8 Å². The van der Waals surface area contributed by atoms with Crippen molar-refractivity contribution >= 4 is 5.96 Å². The molecule has 0 aromatic carbocycles. The molecule has 0 aliphatic heterocycles. The van der Waals surface area contributed by atoms with Gasteiger partial charge in [0.1, 0.15) is 0 Å². The third-order valence-corrected chi connectivity index (χ3v) is 4.44. The Morgan fingerprint density at radius 3 is 2.11 bits per heavy atom. The second kappa shape index (κ2) is 7.62. The topological polar surface area (TPSA) is 62.4 Å². The summed E-state index contributed by atoms with van der Waals surface area (Å²) in [6.07, 6.45) is 9.61. The lowest BCUT2D eigenvalue weighted by Crippen LogP contribution is -2.54. The molecular formula is C14H30N4. The van der Waals surface area contributed by atoms with Crippen molar-refractivity contribution in [3.05, 3.63) is 0 Å². The zero-order chi connectivity index (χ0) is 13.4. The molecule has 0 amide bonds. The van der Waals surface area contributed by atoms with E-state index in [1.54, 1.807) is 0 Å². The summed E-state index contributed by atoms with van der Waals surface area (Å²) in [5.74, 6) is 6.39. The molecule has 0 saturated heterocycles. The van der Waals surface area contributed by atoms with Crippen LogP contribution in [0.2, 0.25) is 0 Å². The molecule has 0 atom stereocenters. The van der Waals surface area contributed by atoms with Crippen LogP contribution in [-0.4, -0.2) is 17.5 Å². The Morgan fingerprint density at radius 1 is 1.11 bits per heavy atom. The number of nitrogens with zero attached hydrogens (tertiary/aromatic N) is 1. The van der Waals surface area contributed by atoms with Gasteiger partial charge in [-0.2, -0.15) is 0 Å². The van der Waals surface area contributed by atoms with Gasteiger partial charge in [0.15, 0.2) is 0 Å². The average Bonchev–Trinajstić information content (AvgIpc) is 2.45. The van der Waals surface area contributed by atoms with Crippen molar-refractivity contribution in [3.8, 4) is 0 Å². The molecule has 1 saturated carbocycles. The van der Waals surface area contributed by atoms with Crippen molar-refractivity contribution in [1.29, 1.82) is 0 Å². The maximum Gasteiger partial charge on any atom is 0.206 e. The largest absolute Gasteiger partial charge is 0.350 e. The monoisotopic (exact) mass is 254 g/mol. The van der Waals surface area contributed by atoms with Gasteiger partial charge in [-0.3, -0.25) is 5.43 Å². The Hall–Kier alpha value is -0.770. The first-order valence-corrected chi connectivity index (χ1v) is 7.52. The van der Waals surface area contributed by atoms with Gasteiger partial charge in [-0.05, 0) is 32.1 Å². The zero-order valence-corrected chi connectivity index (χ0v) is 12.3. The minimum absolute atomic E-state index is 0.125. The van der Waals surface area contributed by atoms with Crippen LogP contribution in [-0.2, 0) is 0 Å². The van der Waals surface area contributed by atoms with E-state index >= 15 is 0 Å². The van der Waals surface area contributed by atoms with E-state index in [1.165, 1.54) is 32.1 Å². The van der Waals surface area contributed by atoms with Gasteiger partial charge in [0, 0.05) is 5.54 Å². The van der Waals surface area contributed by atoms with Gasteiger partial charge in [0.05, 0.1) is 6.04 Å². The van der Waals surface area contributed by atoms with Gasteiger partial charge in [-0.15, -0.1) is 0 Å². The molecule has 18 heavy (non-hydrogen) atoms. The third kappa shape index (κ3) is 4.16. The summed E-state index contributed by atoms with van der Waals surface area (Å²) in [6, 6.07) is 0.445. The predicted octanol–water partition coefficient (Wildman–Crippen LogP) is 2.70. The molecule has 0 unspecified atom stereocenters. The van der Waals surface area contributed by atoms with Crippen LogP contribution in [0.25, 0.3) is 0 Å². The molecule has 0 aromatic rings. The first-order valence-electron chi connectivity index (χ1n) is 7.52. The van der Waals surface area contributed by atoms with Crippen LogP contribution in [0.5, 0.6) is 0 Å². The van der Waals surface area contributed by atoms with Crippen molar-refractivity contribution < 1.29 is 0 Å². The van der Waals surface area contributed by atoms with Gasteiger partial charge in [0.25, 0.3) is 0 Å².